The zero-order chi connectivity index (χ0) is 16.8. The highest BCUT2D eigenvalue weighted by atomic mass is 16.1. The summed E-state index contributed by atoms with van der Waals surface area (Å²) in [6, 6.07) is 12.9. The molecule has 0 saturated heterocycles. The number of hydrogen-bond donors (Lipinski definition) is 1. The van der Waals surface area contributed by atoms with Crippen LogP contribution in [0.2, 0.25) is 0 Å². The van der Waals surface area contributed by atoms with E-state index in [9.17, 15) is 4.79 Å². The number of unbranched alkanes of at least 4 members (excludes halogenated alkanes) is 1. The van der Waals surface area contributed by atoms with E-state index < -0.39 is 0 Å². The van der Waals surface area contributed by atoms with Gasteiger partial charge in [-0.2, -0.15) is 0 Å². The second-order valence-electron chi connectivity index (χ2n) is 6.40. The average molecular weight is 309 g/mol. The SMILES string of the molecule is CCCCc1cc(CC(N)=O)ccc1Cc1c(C)cccc1C. The minimum Gasteiger partial charge on any atom is -0.369 e. The molecule has 0 unspecified atom stereocenters. The number of nitrogens with two attached hydrogens (primary N) is 1. The molecule has 0 saturated carbocycles. The van der Waals surface area contributed by atoms with Crippen LogP contribution in [-0.4, -0.2) is 5.91 Å². The Labute approximate surface area is 139 Å². The molecule has 122 valence electrons. The van der Waals surface area contributed by atoms with Crippen molar-refractivity contribution >= 4 is 5.91 Å². The van der Waals surface area contributed by atoms with Crippen LogP contribution in [0.5, 0.6) is 0 Å². The Balaban J connectivity index is 2.34. The van der Waals surface area contributed by atoms with Gasteiger partial charge in [0, 0.05) is 0 Å². The fourth-order valence-corrected chi connectivity index (χ4v) is 3.08. The fraction of sp³-hybridized carbons (Fsp3) is 0.381. The molecule has 0 radical (unpaired) electrons. The standard InChI is InChI=1S/C21H27NO/c1-4-5-9-18-12-17(13-21(22)23)10-11-19(18)14-20-15(2)7-6-8-16(20)3/h6-8,10-12H,4-5,9,13-14H2,1-3H3,(H2,22,23). The van der Waals surface area contributed by atoms with Gasteiger partial charge in [-0.1, -0.05) is 49.7 Å². The molecule has 2 rings (SSSR count). The minimum absolute atomic E-state index is 0.270. The van der Waals surface area contributed by atoms with Crippen LogP contribution in [0.4, 0.5) is 0 Å². The van der Waals surface area contributed by atoms with Gasteiger partial charge >= 0.3 is 0 Å². The fourth-order valence-electron chi connectivity index (χ4n) is 3.08. The Kier molecular flexibility index (Phi) is 5.97. The topological polar surface area (TPSA) is 43.1 Å². The molecular formula is C21H27NO. The van der Waals surface area contributed by atoms with Gasteiger partial charge in [0.15, 0.2) is 0 Å². The van der Waals surface area contributed by atoms with Crippen molar-refractivity contribution in [3.05, 3.63) is 69.8 Å². The number of carbonyl (C=O) groups excluding carboxylic acids is 1. The zero-order valence-electron chi connectivity index (χ0n) is 14.5. The number of aryl methyl sites for hydroxylation is 3. The van der Waals surface area contributed by atoms with Crippen molar-refractivity contribution in [1.82, 2.24) is 0 Å². The van der Waals surface area contributed by atoms with Crippen LogP contribution in [0.25, 0.3) is 0 Å². The van der Waals surface area contributed by atoms with Crippen LogP contribution in [-0.2, 0) is 24.1 Å². The summed E-state index contributed by atoms with van der Waals surface area (Å²) in [5, 5.41) is 0. The third-order valence-electron chi connectivity index (χ3n) is 4.46. The van der Waals surface area contributed by atoms with Crippen molar-refractivity contribution in [3.8, 4) is 0 Å². The van der Waals surface area contributed by atoms with E-state index in [0.717, 1.165) is 18.4 Å². The lowest BCUT2D eigenvalue weighted by Gasteiger charge is -2.15. The van der Waals surface area contributed by atoms with Gasteiger partial charge in [-0.3, -0.25) is 4.79 Å². The maximum atomic E-state index is 11.2. The molecule has 2 aromatic rings. The molecule has 0 aromatic heterocycles. The Morgan fingerprint density at radius 2 is 1.74 bits per heavy atom. The minimum atomic E-state index is -0.270. The smallest absolute Gasteiger partial charge is 0.221 e. The monoisotopic (exact) mass is 309 g/mol. The normalized spacial score (nSPS) is 10.7. The van der Waals surface area contributed by atoms with Crippen LogP contribution < -0.4 is 5.73 Å². The van der Waals surface area contributed by atoms with Gasteiger partial charge in [0.1, 0.15) is 0 Å². The van der Waals surface area contributed by atoms with Crippen molar-refractivity contribution in [1.29, 1.82) is 0 Å². The Morgan fingerprint density at radius 3 is 2.35 bits per heavy atom. The van der Waals surface area contributed by atoms with E-state index >= 15 is 0 Å². The van der Waals surface area contributed by atoms with E-state index in [1.807, 2.05) is 6.07 Å². The van der Waals surface area contributed by atoms with Gasteiger partial charge in [-0.15, -0.1) is 0 Å². The first-order valence-corrected chi connectivity index (χ1v) is 8.45. The van der Waals surface area contributed by atoms with E-state index in [1.165, 1.54) is 40.7 Å². The number of rotatable bonds is 7. The third kappa shape index (κ3) is 4.69. The summed E-state index contributed by atoms with van der Waals surface area (Å²) >= 11 is 0. The largest absolute Gasteiger partial charge is 0.369 e. The van der Waals surface area contributed by atoms with Crippen LogP contribution in [0.1, 0.15) is 53.1 Å². The summed E-state index contributed by atoms with van der Waals surface area (Å²) in [5.74, 6) is -0.270. The van der Waals surface area contributed by atoms with E-state index in [1.54, 1.807) is 0 Å². The van der Waals surface area contributed by atoms with Crippen molar-refractivity contribution in [2.45, 2.75) is 52.9 Å². The second-order valence-corrected chi connectivity index (χ2v) is 6.40. The lowest BCUT2D eigenvalue weighted by molar-refractivity contribution is -0.117. The van der Waals surface area contributed by atoms with E-state index in [-0.39, 0.29) is 5.91 Å². The Morgan fingerprint density at radius 1 is 1.04 bits per heavy atom. The van der Waals surface area contributed by atoms with Gasteiger partial charge < -0.3 is 5.73 Å². The zero-order valence-corrected chi connectivity index (χ0v) is 14.5. The molecule has 0 atom stereocenters. The number of benzene rings is 2. The second kappa shape index (κ2) is 7.96. The predicted octanol–water partition coefficient (Wildman–Crippen LogP) is 4.26. The molecule has 2 heteroatoms. The molecule has 1 amide bonds. The van der Waals surface area contributed by atoms with Gasteiger partial charge in [-0.05, 0) is 66.5 Å². The van der Waals surface area contributed by atoms with Crippen LogP contribution in [0, 0.1) is 13.8 Å². The molecule has 0 aliphatic carbocycles. The first kappa shape index (κ1) is 17.3. The number of hydrogen-bond acceptors (Lipinski definition) is 1. The van der Waals surface area contributed by atoms with Crippen molar-refractivity contribution < 1.29 is 4.79 Å². The Bertz CT molecular complexity index is 668. The van der Waals surface area contributed by atoms with Crippen molar-refractivity contribution in [3.63, 3.8) is 0 Å². The summed E-state index contributed by atoms with van der Waals surface area (Å²) < 4.78 is 0. The van der Waals surface area contributed by atoms with Crippen LogP contribution in [0.3, 0.4) is 0 Å². The van der Waals surface area contributed by atoms with Crippen molar-refractivity contribution in [2.24, 2.45) is 5.73 Å². The van der Waals surface area contributed by atoms with E-state index in [0.29, 0.717) is 6.42 Å². The van der Waals surface area contributed by atoms with Gasteiger partial charge in [0.05, 0.1) is 6.42 Å². The number of amides is 1. The lowest BCUT2D eigenvalue weighted by Crippen LogP contribution is -2.14. The molecule has 0 spiro atoms. The molecule has 0 aliphatic heterocycles. The quantitative estimate of drug-likeness (QED) is 0.815. The van der Waals surface area contributed by atoms with Gasteiger partial charge in [0.25, 0.3) is 0 Å². The summed E-state index contributed by atoms with van der Waals surface area (Å²) in [6.45, 7) is 6.56. The molecule has 23 heavy (non-hydrogen) atoms. The molecule has 2 N–H and O–H groups in total. The summed E-state index contributed by atoms with van der Waals surface area (Å²) in [5.41, 5.74) is 13.2. The maximum absolute atomic E-state index is 11.2. The van der Waals surface area contributed by atoms with Gasteiger partial charge in [0.2, 0.25) is 5.91 Å². The van der Waals surface area contributed by atoms with Crippen molar-refractivity contribution in [2.75, 3.05) is 0 Å². The van der Waals surface area contributed by atoms with E-state index in [4.69, 9.17) is 5.73 Å². The highest BCUT2D eigenvalue weighted by Crippen LogP contribution is 2.23. The molecular weight excluding hydrogens is 282 g/mol. The van der Waals surface area contributed by atoms with Crippen LogP contribution in [0.15, 0.2) is 36.4 Å². The lowest BCUT2D eigenvalue weighted by atomic mass is 9.90. The first-order chi connectivity index (χ1) is 11.0. The van der Waals surface area contributed by atoms with Crippen LogP contribution >= 0.6 is 0 Å². The van der Waals surface area contributed by atoms with Gasteiger partial charge in [-0.25, -0.2) is 0 Å². The average Bonchev–Trinajstić information content (AvgIpc) is 2.50. The summed E-state index contributed by atoms with van der Waals surface area (Å²) in [7, 11) is 0. The molecule has 0 bridgehead atoms. The number of primary amides is 1. The predicted molar refractivity (Wildman–Crippen MR) is 96.7 cm³/mol. The highest BCUT2D eigenvalue weighted by Gasteiger charge is 2.09. The molecule has 0 fully saturated rings. The maximum Gasteiger partial charge on any atom is 0.221 e. The molecule has 2 nitrogen and oxygen atoms in total. The van der Waals surface area contributed by atoms with E-state index in [2.05, 4.69) is 51.1 Å². The summed E-state index contributed by atoms with van der Waals surface area (Å²) in [4.78, 5) is 11.2. The number of carbonyl (C=O) groups is 1. The summed E-state index contributed by atoms with van der Waals surface area (Å²) in [6.07, 6.45) is 4.67. The first-order valence-electron chi connectivity index (χ1n) is 8.45. The Hall–Kier alpha value is -2.09. The molecule has 0 aliphatic rings. The third-order valence-corrected chi connectivity index (χ3v) is 4.46. The molecule has 2 aromatic carbocycles. The highest BCUT2D eigenvalue weighted by molar-refractivity contribution is 5.76. The molecule has 0 heterocycles.